The van der Waals surface area contributed by atoms with E-state index < -0.39 is 12.1 Å². The van der Waals surface area contributed by atoms with E-state index in [0.29, 0.717) is 6.61 Å². The van der Waals surface area contributed by atoms with Gasteiger partial charge in [-0.05, 0) is 48.6 Å². The van der Waals surface area contributed by atoms with Crippen molar-refractivity contribution >= 4 is 23.6 Å². The molecule has 21 heavy (non-hydrogen) atoms. The van der Waals surface area contributed by atoms with Gasteiger partial charge in [0.25, 0.3) is 5.91 Å². The third kappa shape index (κ3) is 3.92. The van der Waals surface area contributed by atoms with E-state index >= 15 is 0 Å². The zero-order valence-corrected chi connectivity index (χ0v) is 12.1. The van der Waals surface area contributed by atoms with E-state index in [-0.39, 0.29) is 11.8 Å². The van der Waals surface area contributed by atoms with E-state index in [0.717, 1.165) is 29.3 Å². The minimum absolute atomic E-state index is 0.128. The molecule has 1 aromatic rings. The van der Waals surface area contributed by atoms with Crippen LogP contribution >= 0.6 is 0 Å². The topological polar surface area (TPSA) is 75.6 Å². The van der Waals surface area contributed by atoms with Crippen molar-refractivity contribution in [1.29, 1.82) is 0 Å². The summed E-state index contributed by atoms with van der Waals surface area (Å²) in [7, 11) is 0. The fraction of sp³-hybridized carbons (Fsp3) is 0.375. The maximum Gasteiger partial charge on any atom is 0.328 e. The van der Waals surface area contributed by atoms with Gasteiger partial charge in [0.1, 0.15) is 6.10 Å². The summed E-state index contributed by atoms with van der Waals surface area (Å²) in [5.41, 5.74) is 2.37. The van der Waals surface area contributed by atoms with Crippen molar-refractivity contribution in [3.8, 4) is 0 Å². The number of aryl methyl sites for hydroxylation is 1. The molecular formula is C16H19NO4. The second-order valence-electron chi connectivity index (χ2n) is 5.29. The molecule has 0 saturated carbocycles. The highest BCUT2D eigenvalue weighted by atomic mass is 16.5. The highest BCUT2D eigenvalue weighted by Gasteiger charge is 2.30. The highest BCUT2D eigenvalue weighted by molar-refractivity contribution is 5.95. The predicted molar refractivity (Wildman–Crippen MR) is 80.0 cm³/mol. The Bertz CT molecular complexity index is 580. The number of carbonyl (C=O) groups excluding carboxylic acids is 1. The third-order valence-electron chi connectivity index (χ3n) is 3.57. The summed E-state index contributed by atoms with van der Waals surface area (Å²) in [5.74, 6) is -0.891. The first-order chi connectivity index (χ1) is 9.97. The number of hydrogen-bond donors (Lipinski definition) is 2. The van der Waals surface area contributed by atoms with Crippen LogP contribution in [0.3, 0.4) is 0 Å². The van der Waals surface area contributed by atoms with Crippen LogP contribution in [0.2, 0.25) is 0 Å². The SMILES string of the molecule is Cc1cc(/C=C/C(=O)O)ccc1NC(=O)C1OCCC1C. The van der Waals surface area contributed by atoms with Crippen LogP contribution in [0.1, 0.15) is 24.5 Å². The molecule has 0 spiro atoms. The van der Waals surface area contributed by atoms with Crippen molar-refractivity contribution in [2.75, 3.05) is 11.9 Å². The van der Waals surface area contributed by atoms with Crippen LogP contribution in [0.5, 0.6) is 0 Å². The molecule has 1 saturated heterocycles. The standard InChI is InChI=1S/C16H19NO4/c1-10-7-8-21-15(10)16(20)17-13-5-3-12(9-11(13)2)4-6-14(18)19/h3-6,9-10,15H,7-8H2,1-2H3,(H,17,20)(H,18,19)/b6-4+. The van der Waals surface area contributed by atoms with Crippen molar-refractivity contribution < 1.29 is 19.4 Å². The van der Waals surface area contributed by atoms with Crippen LogP contribution in [0.25, 0.3) is 6.08 Å². The summed E-state index contributed by atoms with van der Waals surface area (Å²) in [4.78, 5) is 22.6. The van der Waals surface area contributed by atoms with Crippen LogP contribution < -0.4 is 5.32 Å². The van der Waals surface area contributed by atoms with Crippen LogP contribution in [-0.2, 0) is 14.3 Å². The summed E-state index contributed by atoms with van der Waals surface area (Å²) in [5, 5.41) is 11.5. The van der Waals surface area contributed by atoms with Crippen molar-refractivity contribution in [2.45, 2.75) is 26.4 Å². The van der Waals surface area contributed by atoms with Gasteiger partial charge in [0, 0.05) is 18.4 Å². The number of rotatable bonds is 4. The molecule has 2 N–H and O–H groups in total. The molecule has 1 heterocycles. The zero-order chi connectivity index (χ0) is 15.4. The molecular weight excluding hydrogens is 270 g/mol. The maximum absolute atomic E-state index is 12.1. The van der Waals surface area contributed by atoms with Crippen LogP contribution in [0, 0.1) is 12.8 Å². The van der Waals surface area contributed by atoms with E-state index in [9.17, 15) is 9.59 Å². The first kappa shape index (κ1) is 15.3. The summed E-state index contributed by atoms with van der Waals surface area (Å²) in [6.45, 7) is 4.49. The van der Waals surface area contributed by atoms with Gasteiger partial charge in [-0.3, -0.25) is 4.79 Å². The predicted octanol–water partition coefficient (Wildman–Crippen LogP) is 2.46. The Kier molecular flexibility index (Phi) is 4.75. The number of carboxylic acids is 1. The third-order valence-corrected chi connectivity index (χ3v) is 3.57. The van der Waals surface area contributed by atoms with E-state index in [4.69, 9.17) is 9.84 Å². The number of carbonyl (C=O) groups is 2. The number of anilines is 1. The number of amides is 1. The molecule has 2 unspecified atom stereocenters. The quantitative estimate of drug-likeness (QED) is 0.835. The number of aliphatic carboxylic acids is 1. The number of benzene rings is 1. The fourth-order valence-electron chi connectivity index (χ4n) is 2.33. The van der Waals surface area contributed by atoms with Crippen molar-refractivity contribution in [3.63, 3.8) is 0 Å². The Hall–Kier alpha value is -2.14. The van der Waals surface area contributed by atoms with Crippen LogP contribution in [0.15, 0.2) is 24.3 Å². The van der Waals surface area contributed by atoms with Gasteiger partial charge in [-0.15, -0.1) is 0 Å². The number of hydrogen-bond acceptors (Lipinski definition) is 3. The first-order valence-electron chi connectivity index (χ1n) is 6.91. The molecule has 5 heteroatoms. The Balaban J connectivity index is 2.07. The molecule has 2 atom stereocenters. The van der Waals surface area contributed by atoms with E-state index in [1.165, 1.54) is 6.08 Å². The van der Waals surface area contributed by atoms with Gasteiger partial charge in [0.15, 0.2) is 0 Å². The second-order valence-corrected chi connectivity index (χ2v) is 5.29. The zero-order valence-electron chi connectivity index (χ0n) is 12.1. The summed E-state index contributed by atoms with van der Waals surface area (Å²) < 4.78 is 5.44. The van der Waals surface area contributed by atoms with Gasteiger partial charge >= 0.3 is 5.97 Å². The molecule has 1 amide bonds. The average molecular weight is 289 g/mol. The van der Waals surface area contributed by atoms with Crippen molar-refractivity contribution in [1.82, 2.24) is 0 Å². The van der Waals surface area contributed by atoms with E-state index in [1.807, 2.05) is 19.9 Å². The van der Waals surface area contributed by atoms with E-state index in [2.05, 4.69) is 5.32 Å². The van der Waals surface area contributed by atoms with E-state index in [1.54, 1.807) is 12.1 Å². The Labute approximate surface area is 123 Å². The molecule has 2 rings (SSSR count). The minimum Gasteiger partial charge on any atom is -0.478 e. The Morgan fingerprint density at radius 2 is 2.19 bits per heavy atom. The minimum atomic E-state index is -0.989. The van der Waals surface area contributed by atoms with Gasteiger partial charge in [-0.25, -0.2) is 4.79 Å². The van der Waals surface area contributed by atoms with Crippen molar-refractivity contribution in [3.05, 3.63) is 35.4 Å². The molecule has 1 aliphatic rings. The smallest absolute Gasteiger partial charge is 0.328 e. The summed E-state index contributed by atoms with van der Waals surface area (Å²) >= 11 is 0. The second kappa shape index (κ2) is 6.54. The van der Waals surface area contributed by atoms with Gasteiger partial charge in [0.2, 0.25) is 0 Å². The molecule has 1 aliphatic heterocycles. The average Bonchev–Trinajstić information content (AvgIpc) is 2.85. The largest absolute Gasteiger partial charge is 0.478 e. The highest BCUT2D eigenvalue weighted by Crippen LogP contribution is 2.23. The van der Waals surface area contributed by atoms with Gasteiger partial charge in [-0.1, -0.05) is 13.0 Å². The normalized spacial score (nSPS) is 21.6. The molecule has 1 aromatic carbocycles. The number of nitrogens with one attached hydrogen (secondary N) is 1. The molecule has 5 nitrogen and oxygen atoms in total. The van der Waals surface area contributed by atoms with Gasteiger partial charge < -0.3 is 15.2 Å². The molecule has 0 aromatic heterocycles. The first-order valence-corrected chi connectivity index (χ1v) is 6.91. The lowest BCUT2D eigenvalue weighted by Crippen LogP contribution is -2.31. The lowest BCUT2D eigenvalue weighted by Gasteiger charge is -2.16. The molecule has 112 valence electrons. The number of carboxylic acid groups (broad SMARTS) is 1. The monoisotopic (exact) mass is 289 g/mol. The summed E-state index contributed by atoms with van der Waals surface area (Å²) in [6, 6.07) is 5.36. The summed E-state index contributed by atoms with van der Waals surface area (Å²) in [6.07, 6.45) is 3.11. The lowest BCUT2D eigenvalue weighted by atomic mass is 10.0. The molecule has 0 bridgehead atoms. The Morgan fingerprint density at radius 1 is 1.43 bits per heavy atom. The van der Waals surface area contributed by atoms with Crippen LogP contribution in [-0.4, -0.2) is 29.7 Å². The lowest BCUT2D eigenvalue weighted by molar-refractivity contribution is -0.131. The molecule has 0 aliphatic carbocycles. The number of ether oxygens (including phenoxy) is 1. The van der Waals surface area contributed by atoms with Gasteiger partial charge in [-0.2, -0.15) is 0 Å². The molecule has 1 fully saturated rings. The molecule has 0 radical (unpaired) electrons. The Morgan fingerprint density at radius 3 is 2.76 bits per heavy atom. The van der Waals surface area contributed by atoms with Gasteiger partial charge in [0.05, 0.1) is 0 Å². The fourth-order valence-corrected chi connectivity index (χ4v) is 2.33. The maximum atomic E-state index is 12.1. The van der Waals surface area contributed by atoms with Crippen molar-refractivity contribution in [2.24, 2.45) is 5.92 Å². The van der Waals surface area contributed by atoms with Crippen LogP contribution in [0.4, 0.5) is 5.69 Å².